The fraction of sp³-hybridized carbons (Fsp3) is 0.417. The molecule has 0 spiro atoms. The topological polar surface area (TPSA) is 43.6 Å². The van der Waals surface area contributed by atoms with Crippen LogP contribution in [0.4, 0.5) is 0 Å². The minimum absolute atomic E-state index is 0.788. The van der Waals surface area contributed by atoms with Crippen molar-refractivity contribution in [2.24, 2.45) is 7.05 Å². The lowest BCUT2D eigenvalue weighted by molar-refractivity contribution is 0.756. The third-order valence-electron chi connectivity index (χ3n) is 2.11. The molecular weight excluding hydrogens is 232 g/mol. The minimum atomic E-state index is 0.788. The van der Waals surface area contributed by atoms with E-state index in [0.717, 1.165) is 22.1 Å². The Hall–Kier alpha value is -1.36. The Bertz CT molecular complexity index is 479. The van der Waals surface area contributed by atoms with Crippen LogP contribution in [0.2, 0.25) is 0 Å². The summed E-state index contributed by atoms with van der Waals surface area (Å²) in [4.78, 5) is 8.58. The number of aryl methyl sites for hydroxylation is 2. The van der Waals surface area contributed by atoms with Crippen molar-refractivity contribution in [3.8, 4) is 11.3 Å². The summed E-state index contributed by atoms with van der Waals surface area (Å²) in [6.07, 6.45) is 5.72. The summed E-state index contributed by atoms with van der Waals surface area (Å²) in [5.74, 6) is 0. The van der Waals surface area contributed by atoms with Crippen molar-refractivity contribution < 1.29 is 0 Å². The van der Waals surface area contributed by atoms with Crippen LogP contribution in [0.3, 0.4) is 0 Å². The van der Waals surface area contributed by atoms with Crippen LogP contribution in [-0.4, -0.2) is 26.0 Å². The molecule has 2 aromatic heterocycles. The third kappa shape index (κ3) is 3.30. The van der Waals surface area contributed by atoms with Gasteiger partial charge < -0.3 is 0 Å². The number of rotatable bonds is 2. The van der Waals surface area contributed by atoms with E-state index in [-0.39, 0.29) is 0 Å². The van der Waals surface area contributed by atoms with Crippen molar-refractivity contribution in [2.75, 3.05) is 6.26 Å². The molecule has 0 bridgehead atoms. The van der Waals surface area contributed by atoms with Crippen molar-refractivity contribution in [2.45, 2.75) is 25.9 Å². The lowest BCUT2D eigenvalue weighted by atomic mass is 10.2. The van der Waals surface area contributed by atoms with Gasteiger partial charge in [-0.3, -0.25) is 4.68 Å². The molecule has 2 heterocycles. The molecule has 4 nitrogen and oxygen atoms in total. The van der Waals surface area contributed by atoms with Crippen LogP contribution in [0.15, 0.2) is 23.6 Å². The lowest BCUT2D eigenvalue weighted by Gasteiger charge is -1.99. The number of thioether (sulfide) groups is 1. The molecule has 92 valence electrons. The fourth-order valence-corrected chi connectivity index (χ4v) is 1.80. The first-order valence-electron chi connectivity index (χ1n) is 5.58. The maximum absolute atomic E-state index is 4.43. The molecule has 2 aromatic rings. The Labute approximate surface area is 106 Å². The maximum atomic E-state index is 4.43. The molecule has 0 atom stereocenters. The van der Waals surface area contributed by atoms with E-state index in [1.165, 1.54) is 0 Å². The van der Waals surface area contributed by atoms with Gasteiger partial charge in [0.2, 0.25) is 0 Å². The van der Waals surface area contributed by atoms with Gasteiger partial charge in [-0.2, -0.15) is 5.10 Å². The van der Waals surface area contributed by atoms with E-state index in [2.05, 4.69) is 15.1 Å². The smallest absolute Gasteiger partial charge is 0.187 e. The first kappa shape index (κ1) is 13.7. The molecule has 0 N–H and O–H groups in total. The average molecular weight is 250 g/mol. The van der Waals surface area contributed by atoms with Crippen LogP contribution in [0, 0.1) is 6.92 Å². The Balaban J connectivity index is 0.000000686. The molecule has 0 saturated heterocycles. The van der Waals surface area contributed by atoms with E-state index >= 15 is 0 Å². The molecule has 0 aliphatic rings. The highest BCUT2D eigenvalue weighted by molar-refractivity contribution is 7.98. The average Bonchev–Trinajstić information content (AvgIpc) is 2.71. The van der Waals surface area contributed by atoms with E-state index in [1.807, 2.05) is 46.3 Å². The molecule has 0 saturated carbocycles. The molecule has 0 radical (unpaired) electrons. The largest absolute Gasteiger partial charge is 0.275 e. The zero-order valence-corrected chi connectivity index (χ0v) is 11.7. The third-order valence-corrected chi connectivity index (χ3v) is 2.67. The number of hydrogen-bond acceptors (Lipinski definition) is 4. The molecule has 5 heteroatoms. The zero-order valence-electron chi connectivity index (χ0n) is 10.9. The van der Waals surface area contributed by atoms with E-state index < -0.39 is 0 Å². The summed E-state index contributed by atoms with van der Waals surface area (Å²) in [7, 11) is 1.91. The second-order valence-corrected chi connectivity index (χ2v) is 4.00. The van der Waals surface area contributed by atoms with Gasteiger partial charge in [0, 0.05) is 25.0 Å². The van der Waals surface area contributed by atoms with E-state index in [4.69, 9.17) is 0 Å². The SMILES string of the molecule is CC.CSc1nccc(-c2cn(C)nc2C)n1. The predicted octanol–water partition coefficient (Wildman–Crippen LogP) is 2.93. The van der Waals surface area contributed by atoms with Crippen LogP contribution >= 0.6 is 11.8 Å². The van der Waals surface area contributed by atoms with Crippen LogP contribution < -0.4 is 0 Å². The fourth-order valence-electron chi connectivity index (χ4n) is 1.44. The van der Waals surface area contributed by atoms with Gasteiger partial charge in [0.25, 0.3) is 0 Å². The highest BCUT2D eigenvalue weighted by Crippen LogP contribution is 2.21. The molecule has 0 aromatic carbocycles. The molecule has 0 aliphatic carbocycles. The van der Waals surface area contributed by atoms with Gasteiger partial charge in [0.15, 0.2) is 5.16 Å². The van der Waals surface area contributed by atoms with E-state index in [0.29, 0.717) is 0 Å². The summed E-state index contributed by atoms with van der Waals surface area (Å²) < 4.78 is 1.80. The normalized spacial score (nSPS) is 9.71. The summed E-state index contributed by atoms with van der Waals surface area (Å²) in [6.45, 7) is 5.98. The highest BCUT2D eigenvalue weighted by Gasteiger charge is 2.07. The Morgan fingerprint density at radius 1 is 1.29 bits per heavy atom. The summed E-state index contributed by atoms with van der Waals surface area (Å²) in [6, 6.07) is 1.91. The summed E-state index contributed by atoms with van der Waals surface area (Å²) in [5, 5.41) is 5.08. The van der Waals surface area contributed by atoms with Gasteiger partial charge in [0.1, 0.15) is 0 Å². The number of nitrogens with zero attached hydrogens (tertiary/aromatic N) is 4. The van der Waals surface area contributed by atoms with Crippen molar-refractivity contribution >= 4 is 11.8 Å². The minimum Gasteiger partial charge on any atom is -0.275 e. The predicted molar refractivity (Wildman–Crippen MR) is 72.1 cm³/mol. The van der Waals surface area contributed by atoms with Crippen LogP contribution in [-0.2, 0) is 7.05 Å². The molecule has 17 heavy (non-hydrogen) atoms. The second kappa shape index (κ2) is 6.39. The van der Waals surface area contributed by atoms with Gasteiger partial charge in [-0.05, 0) is 19.2 Å². The van der Waals surface area contributed by atoms with Gasteiger partial charge in [-0.1, -0.05) is 25.6 Å². The lowest BCUT2D eigenvalue weighted by Crippen LogP contribution is -1.89. The molecular formula is C12H18N4S. The van der Waals surface area contributed by atoms with Crippen molar-refractivity contribution in [3.05, 3.63) is 24.2 Å². The zero-order chi connectivity index (χ0) is 12.8. The monoisotopic (exact) mass is 250 g/mol. The molecule has 0 aliphatic heterocycles. The highest BCUT2D eigenvalue weighted by atomic mass is 32.2. The van der Waals surface area contributed by atoms with Crippen molar-refractivity contribution in [1.29, 1.82) is 0 Å². The molecule has 0 amide bonds. The Kier molecular flexibility index (Phi) is 5.15. The van der Waals surface area contributed by atoms with E-state index in [9.17, 15) is 0 Å². The quantitative estimate of drug-likeness (QED) is 0.607. The van der Waals surface area contributed by atoms with Gasteiger partial charge in [0.05, 0.1) is 11.4 Å². The first-order chi connectivity index (χ1) is 8.20. The standard InChI is InChI=1S/C10H12N4S.C2H6/c1-7-8(6-14(2)13-7)9-4-5-11-10(12-9)15-3;1-2/h4-6H,1-3H3;1-2H3. The molecule has 0 fully saturated rings. The first-order valence-corrected chi connectivity index (χ1v) is 6.81. The van der Waals surface area contributed by atoms with Gasteiger partial charge in [-0.25, -0.2) is 9.97 Å². The van der Waals surface area contributed by atoms with Crippen molar-refractivity contribution in [1.82, 2.24) is 19.7 Å². The molecule has 0 unspecified atom stereocenters. The molecule has 2 rings (SSSR count). The number of hydrogen-bond donors (Lipinski definition) is 0. The van der Waals surface area contributed by atoms with Gasteiger partial charge >= 0.3 is 0 Å². The van der Waals surface area contributed by atoms with E-state index in [1.54, 1.807) is 22.6 Å². The second-order valence-electron chi connectivity index (χ2n) is 3.23. The maximum Gasteiger partial charge on any atom is 0.187 e. The van der Waals surface area contributed by atoms with Gasteiger partial charge in [-0.15, -0.1) is 0 Å². The van der Waals surface area contributed by atoms with Crippen LogP contribution in [0.1, 0.15) is 19.5 Å². The Morgan fingerprint density at radius 2 is 2.00 bits per heavy atom. The Morgan fingerprint density at radius 3 is 2.53 bits per heavy atom. The number of aromatic nitrogens is 4. The summed E-state index contributed by atoms with van der Waals surface area (Å²) >= 11 is 1.54. The van der Waals surface area contributed by atoms with Crippen LogP contribution in [0.5, 0.6) is 0 Å². The van der Waals surface area contributed by atoms with Crippen LogP contribution in [0.25, 0.3) is 11.3 Å². The summed E-state index contributed by atoms with van der Waals surface area (Å²) in [5.41, 5.74) is 2.98. The van der Waals surface area contributed by atoms with Crippen molar-refractivity contribution in [3.63, 3.8) is 0 Å².